The van der Waals surface area contributed by atoms with Crippen molar-refractivity contribution in [3.63, 3.8) is 0 Å². The van der Waals surface area contributed by atoms with Gasteiger partial charge in [0.25, 0.3) is 5.56 Å². The number of anilines is 1. The van der Waals surface area contributed by atoms with Gasteiger partial charge in [-0.05, 0) is 19.8 Å². The number of piperazine rings is 1. The maximum atomic E-state index is 11.7. The Kier molecular flexibility index (Phi) is 3.81. The molecule has 0 radical (unpaired) electrons. The Hall–Kier alpha value is -2.05. The van der Waals surface area contributed by atoms with E-state index in [1.54, 1.807) is 11.8 Å². The molecule has 0 bridgehead atoms. The summed E-state index contributed by atoms with van der Waals surface area (Å²) in [5.74, 6) is 1.92. The fourth-order valence-electron chi connectivity index (χ4n) is 2.51. The molecule has 2 aliphatic rings. The van der Waals surface area contributed by atoms with Crippen LogP contribution in [0.5, 0.6) is 0 Å². The number of amides is 1. The molecule has 1 saturated heterocycles. The van der Waals surface area contributed by atoms with Crippen molar-refractivity contribution in [3.8, 4) is 0 Å². The highest BCUT2D eigenvalue weighted by molar-refractivity contribution is 5.68. The normalized spacial score (nSPS) is 18.7. The molecular weight excluding hydrogens is 272 g/mol. The summed E-state index contributed by atoms with van der Waals surface area (Å²) in [5, 5.41) is 0. The van der Waals surface area contributed by atoms with Crippen LogP contribution in [0.1, 0.15) is 31.5 Å². The number of H-pyrrole nitrogens is 1. The van der Waals surface area contributed by atoms with Gasteiger partial charge in [-0.1, -0.05) is 0 Å². The highest BCUT2D eigenvalue weighted by Crippen LogP contribution is 2.37. The molecule has 1 amide bonds. The summed E-state index contributed by atoms with van der Waals surface area (Å²) < 4.78 is 5.00. The molecule has 114 valence electrons. The Morgan fingerprint density at radius 1 is 1.38 bits per heavy atom. The second kappa shape index (κ2) is 5.75. The zero-order valence-corrected chi connectivity index (χ0v) is 12.2. The number of aromatic amines is 1. The van der Waals surface area contributed by atoms with Crippen molar-refractivity contribution in [1.29, 1.82) is 0 Å². The number of carbonyl (C=O) groups is 1. The summed E-state index contributed by atoms with van der Waals surface area (Å²) in [4.78, 5) is 34.5. The minimum Gasteiger partial charge on any atom is -0.450 e. The predicted molar refractivity (Wildman–Crippen MR) is 77.6 cm³/mol. The van der Waals surface area contributed by atoms with E-state index >= 15 is 0 Å². The van der Waals surface area contributed by atoms with E-state index in [1.165, 1.54) is 6.07 Å². The molecule has 0 aromatic carbocycles. The number of hydrogen-bond donors (Lipinski definition) is 1. The topological polar surface area (TPSA) is 78.5 Å². The Balaban J connectivity index is 1.66. The summed E-state index contributed by atoms with van der Waals surface area (Å²) in [6.45, 7) is 4.70. The van der Waals surface area contributed by atoms with Gasteiger partial charge >= 0.3 is 6.09 Å². The van der Waals surface area contributed by atoms with Crippen molar-refractivity contribution in [1.82, 2.24) is 14.9 Å². The molecule has 7 heteroatoms. The Labute approximate surface area is 122 Å². The van der Waals surface area contributed by atoms with Crippen LogP contribution in [0.25, 0.3) is 0 Å². The van der Waals surface area contributed by atoms with Gasteiger partial charge in [0, 0.05) is 38.2 Å². The lowest BCUT2D eigenvalue weighted by atomic mass is 10.3. The van der Waals surface area contributed by atoms with Crippen LogP contribution in [-0.4, -0.2) is 53.7 Å². The molecular formula is C14H20N4O3. The van der Waals surface area contributed by atoms with Crippen LogP contribution < -0.4 is 10.5 Å². The van der Waals surface area contributed by atoms with Gasteiger partial charge in [-0.15, -0.1) is 0 Å². The van der Waals surface area contributed by atoms with Crippen LogP contribution in [0.2, 0.25) is 0 Å². The van der Waals surface area contributed by atoms with Crippen molar-refractivity contribution >= 4 is 11.9 Å². The van der Waals surface area contributed by atoms with Crippen molar-refractivity contribution in [2.24, 2.45) is 0 Å². The Morgan fingerprint density at radius 2 is 2.10 bits per heavy atom. The van der Waals surface area contributed by atoms with Gasteiger partial charge in [0.15, 0.2) is 0 Å². The first-order chi connectivity index (χ1) is 10.2. The van der Waals surface area contributed by atoms with E-state index in [0.717, 1.165) is 18.7 Å². The van der Waals surface area contributed by atoms with Crippen molar-refractivity contribution in [2.75, 3.05) is 37.7 Å². The number of ether oxygens (including phenoxy) is 1. The van der Waals surface area contributed by atoms with E-state index in [4.69, 9.17) is 4.74 Å². The largest absolute Gasteiger partial charge is 0.450 e. The summed E-state index contributed by atoms with van der Waals surface area (Å²) in [5.41, 5.74) is -0.102. The zero-order chi connectivity index (χ0) is 14.8. The fraction of sp³-hybridized carbons (Fsp3) is 0.643. The van der Waals surface area contributed by atoms with Crippen LogP contribution in [0.4, 0.5) is 10.6 Å². The molecule has 0 spiro atoms. The van der Waals surface area contributed by atoms with E-state index < -0.39 is 0 Å². The molecule has 0 atom stereocenters. The number of nitrogens with one attached hydrogen (secondary N) is 1. The number of carbonyl (C=O) groups excluding carboxylic acids is 1. The van der Waals surface area contributed by atoms with Gasteiger partial charge in [-0.2, -0.15) is 0 Å². The average Bonchev–Trinajstić information content (AvgIpc) is 3.32. The van der Waals surface area contributed by atoms with E-state index in [-0.39, 0.29) is 11.7 Å². The van der Waals surface area contributed by atoms with Gasteiger partial charge in [0.2, 0.25) is 0 Å². The molecule has 1 aliphatic carbocycles. The van der Waals surface area contributed by atoms with E-state index in [0.29, 0.717) is 44.5 Å². The molecule has 2 fully saturated rings. The van der Waals surface area contributed by atoms with Gasteiger partial charge in [0.1, 0.15) is 11.6 Å². The van der Waals surface area contributed by atoms with Crippen LogP contribution >= 0.6 is 0 Å². The van der Waals surface area contributed by atoms with Gasteiger partial charge in [0.05, 0.1) is 6.61 Å². The summed E-state index contributed by atoms with van der Waals surface area (Å²) in [6, 6.07) is 1.53. The molecule has 1 aromatic heterocycles. The maximum Gasteiger partial charge on any atom is 0.409 e. The quantitative estimate of drug-likeness (QED) is 0.896. The van der Waals surface area contributed by atoms with Crippen LogP contribution in [0.3, 0.4) is 0 Å². The SMILES string of the molecule is CCOC(=O)N1CCN(c2cc(=O)[nH]c(C3CC3)n2)CC1. The number of rotatable bonds is 3. The second-order valence-corrected chi connectivity index (χ2v) is 5.44. The molecule has 21 heavy (non-hydrogen) atoms. The third-order valence-corrected chi connectivity index (χ3v) is 3.84. The Bertz CT molecular complexity index is 574. The predicted octanol–water partition coefficient (Wildman–Crippen LogP) is 0.926. The smallest absolute Gasteiger partial charge is 0.409 e. The molecule has 7 nitrogen and oxygen atoms in total. The van der Waals surface area contributed by atoms with Crippen LogP contribution in [0.15, 0.2) is 10.9 Å². The van der Waals surface area contributed by atoms with Crippen molar-refractivity contribution in [3.05, 3.63) is 22.2 Å². The summed E-state index contributed by atoms with van der Waals surface area (Å²) >= 11 is 0. The number of hydrogen-bond acceptors (Lipinski definition) is 5. The summed E-state index contributed by atoms with van der Waals surface area (Å²) in [6.07, 6.45) is 1.93. The molecule has 3 rings (SSSR count). The first kappa shape index (κ1) is 13.9. The van der Waals surface area contributed by atoms with Crippen molar-refractivity contribution < 1.29 is 9.53 Å². The van der Waals surface area contributed by atoms with Crippen LogP contribution in [-0.2, 0) is 4.74 Å². The molecule has 1 aliphatic heterocycles. The van der Waals surface area contributed by atoms with Crippen LogP contribution in [0, 0.1) is 0 Å². The lowest BCUT2D eigenvalue weighted by molar-refractivity contribution is 0.105. The van der Waals surface area contributed by atoms with Gasteiger partial charge < -0.3 is 19.5 Å². The monoisotopic (exact) mass is 292 g/mol. The lowest BCUT2D eigenvalue weighted by Crippen LogP contribution is -2.49. The second-order valence-electron chi connectivity index (χ2n) is 5.44. The molecule has 1 aromatic rings. The zero-order valence-electron chi connectivity index (χ0n) is 12.2. The Morgan fingerprint density at radius 3 is 2.71 bits per heavy atom. The number of aromatic nitrogens is 2. The third-order valence-electron chi connectivity index (χ3n) is 3.84. The molecule has 0 unspecified atom stereocenters. The van der Waals surface area contributed by atoms with Gasteiger partial charge in [-0.3, -0.25) is 4.79 Å². The fourth-order valence-corrected chi connectivity index (χ4v) is 2.51. The maximum absolute atomic E-state index is 11.7. The summed E-state index contributed by atoms with van der Waals surface area (Å²) in [7, 11) is 0. The van der Waals surface area contributed by atoms with E-state index in [9.17, 15) is 9.59 Å². The first-order valence-electron chi connectivity index (χ1n) is 7.45. The highest BCUT2D eigenvalue weighted by Gasteiger charge is 2.28. The average molecular weight is 292 g/mol. The van der Waals surface area contributed by atoms with Gasteiger partial charge in [-0.25, -0.2) is 9.78 Å². The standard InChI is InChI=1S/C14H20N4O3/c1-2-21-14(20)18-7-5-17(6-8-18)11-9-12(19)16-13(15-11)10-3-4-10/h9-10H,2-8H2,1H3,(H,15,16,19). The first-order valence-corrected chi connectivity index (χ1v) is 7.45. The minimum atomic E-state index is -0.269. The van der Waals surface area contributed by atoms with E-state index in [1.807, 2.05) is 0 Å². The lowest BCUT2D eigenvalue weighted by Gasteiger charge is -2.34. The molecule has 1 saturated carbocycles. The highest BCUT2D eigenvalue weighted by atomic mass is 16.6. The van der Waals surface area contributed by atoms with E-state index in [2.05, 4.69) is 14.9 Å². The molecule has 1 N–H and O–H groups in total. The minimum absolute atomic E-state index is 0.102. The van der Waals surface area contributed by atoms with Crippen molar-refractivity contribution in [2.45, 2.75) is 25.7 Å². The third kappa shape index (κ3) is 3.17. The number of nitrogens with zero attached hydrogens (tertiary/aromatic N) is 3. The molecule has 2 heterocycles.